The Kier molecular flexibility index (Phi) is 19.8. The van der Waals surface area contributed by atoms with Crippen LogP contribution in [0.2, 0.25) is 0 Å². The largest absolute Gasteiger partial charge is 0.399 e. The van der Waals surface area contributed by atoms with E-state index in [1.54, 1.807) is 43.4 Å². The number of nitrogens with zero attached hydrogens (tertiary/aromatic N) is 2. The van der Waals surface area contributed by atoms with Gasteiger partial charge in [0.05, 0.1) is 11.4 Å². The molecule has 0 aliphatic rings. The van der Waals surface area contributed by atoms with Crippen LogP contribution in [0.3, 0.4) is 0 Å². The van der Waals surface area contributed by atoms with Crippen LogP contribution in [0.5, 0.6) is 0 Å². The van der Waals surface area contributed by atoms with Crippen molar-refractivity contribution in [3.8, 4) is 0 Å². The summed E-state index contributed by atoms with van der Waals surface area (Å²) in [5.74, 6) is -1.39. The summed E-state index contributed by atoms with van der Waals surface area (Å²) in [5.41, 5.74) is 14.3. The zero-order valence-electron chi connectivity index (χ0n) is 29.3. The quantitative estimate of drug-likeness (QED) is 0.0474. The van der Waals surface area contributed by atoms with Crippen LogP contribution in [-0.2, 0) is 14.4 Å². The summed E-state index contributed by atoms with van der Waals surface area (Å²) in [5, 5.41) is 13.7. The predicted octanol–water partition coefficient (Wildman–Crippen LogP) is 2.34. The highest BCUT2D eigenvalue weighted by atomic mass is 16.2. The molecule has 2 aromatic rings. The lowest BCUT2D eigenvalue weighted by atomic mass is 10.1. The maximum atomic E-state index is 12.4. The number of nitrogens with one attached hydrogen (secondary N) is 5. The van der Waals surface area contributed by atoms with Gasteiger partial charge in [0.15, 0.2) is 5.78 Å². The van der Waals surface area contributed by atoms with Crippen molar-refractivity contribution >= 4 is 52.7 Å². The molecule has 0 spiro atoms. The number of ketones is 1. The second kappa shape index (κ2) is 22.9. The van der Waals surface area contributed by atoms with Crippen molar-refractivity contribution in [1.82, 2.24) is 20.4 Å². The van der Waals surface area contributed by atoms with Crippen LogP contribution in [0.25, 0.3) is 0 Å². The molecular formula is C34H55N9O5. The van der Waals surface area contributed by atoms with Crippen molar-refractivity contribution in [3.05, 3.63) is 47.5 Å². The third-order valence-corrected chi connectivity index (χ3v) is 7.63. The Morgan fingerprint density at radius 2 is 1.29 bits per heavy atom. The molecule has 0 aliphatic heterocycles. The first-order valence-corrected chi connectivity index (χ1v) is 16.4. The van der Waals surface area contributed by atoms with Crippen LogP contribution < -0.4 is 38.1 Å². The summed E-state index contributed by atoms with van der Waals surface area (Å²) in [4.78, 5) is 62.5. The van der Waals surface area contributed by atoms with E-state index >= 15 is 0 Å². The number of hydrogen-bond acceptors (Lipinski definition) is 10. The Labute approximate surface area is 284 Å². The Morgan fingerprint density at radius 1 is 0.792 bits per heavy atom. The molecule has 266 valence electrons. The van der Waals surface area contributed by atoms with Gasteiger partial charge in [0.1, 0.15) is 6.04 Å². The summed E-state index contributed by atoms with van der Waals surface area (Å²) >= 11 is 0. The van der Waals surface area contributed by atoms with Crippen molar-refractivity contribution < 1.29 is 24.0 Å². The molecule has 2 aromatic carbocycles. The van der Waals surface area contributed by atoms with Crippen LogP contribution in [0.4, 0.5) is 22.7 Å². The molecule has 2 rings (SSSR count). The number of Topliss-reactive ketones (excluding diaryl/α,β-unsaturated/α-hetero) is 1. The standard InChI is InChI=1S/C22H39N5O2.C12H16N4O3/c1-5-26(6-2)13-9-11-24-21(28)18-15-19(17-20(23)16-18)22(29)25-12-10-14-27(7-3)8-4;1-7(18)11(13)12(19)16-8-3-4-9(15-6-17)10(5-8)14-2/h15-17H,5-14,23H2,1-4H3,(H,24,28)(H,25,29);3-6,11,14H,13H2,1-2H3,(H,15,17)(H,16,19). The highest BCUT2D eigenvalue weighted by Gasteiger charge is 2.18. The third-order valence-electron chi connectivity index (χ3n) is 7.63. The Balaban J connectivity index is 0.000000524. The smallest absolute Gasteiger partial charge is 0.251 e. The number of carbonyl (C=O) groups excluding carboxylic acids is 5. The van der Waals surface area contributed by atoms with E-state index in [1.807, 2.05) is 0 Å². The topological polar surface area (TPSA) is 204 Å². The summed E-state index contributed by atoms with van der Waals surface area (Å²) < 4.78 is 0. The van der Waals surface area contributed by atoms with Crippen molar-refractivity contribution in [2.45, 2.75) is 53.5 Å². The van der Waals surface area contributed by atoms with Gasteiger partial charge in [0.2, 0.25) is 12.3 Å². The molecule has 14 heteroatoms. The number of carbonyl (C=O) groups is 5. The van der Waals surface area contributed by atoms with Gasteiger partial charge < -0.3 is 47.9 Å². The monoisotopic (exact) mass is 669 g/mol. The maximum Gasteiger partial charge on any atom is 0.251 e. The summed E-state index contributed by atoms with van der Waals surface area (Å²) in [6.07, 6.45) is 2.32. The van der Waals surface area contributed by atoms with Crippen LogP contribution in [0.1, 0.15) is 68.2 Å². The van der Waals surface area contributed by atoms with Crippen LogP contribution >= 0.6 is 0 Å². The van der Waals surface area contributed by atoms with Gasteiger partial charge in [-0.25, -0.2) is 0 Å². The molecule has 1 atom stereocenters. The van der Waals surface area contributed by atoms with E-state index in [9.17, 15) is 24.0 Å². The summed E-state index contributed by atoms with van der Waals surface area (Å²) in [6, 6.07) is 8.47. The predicted molar refractivity (Wildman–Crippen MR) is 193 cm³/mol. The fourth-order valence-electron chi connectivity index (χ4n) is 4.63. The Bertz CT molecular complexity index is 1280. The fourth-order valence-corrected chi connectivity index (χ4v) is 4.63. The number of benzene rings is 2. The lowest BCUT2D eigenvalue weighted by Gasteiger charge is -2.18. The van der Waals surface area contributed by atoms with Crippen LogP contribution in [0, 0.1) is 0 Å². The highest BCUT2D eigenvalue weighted by Crippen LogP contribution is 2.25. The van der Waals surface area contributed by atoms with Crippen molar-refractivity contribution in [1.29, 1.82) is 0 Å². The molecule has 1 unspecified atom stereocenters. The zero-order valence-corrected chi connectivity index (χ0v) is 29.3. The lowest BCUT2D eigenvalue weighted by molar-refractivity contribution is -0.126. The number of rotatable bonds is 20. The van der Waals surface area contributed by atoms with Gasteiger partial charge >= 0.3 is 0 Å². The van der Waals surface area contributed by atoms with Gasteiger partial charge in [-0.2, -0.15) is 0 Å². The van der Waals surface area contributed by atoms with Gasteiger partial charge in [0, 0.05) is 42.6 Å². The molecule has 0 radical (unpaired) electrons. The van der Waals surface area contributed by atoms with Gasteiger partial charge in [-0.1, -0.05) is 27.7 Å². The number of hydrogen-bond donors (Lipinski definition) is 7. The average Bonchev–Trinajstić information content (AvgIpc) is 3.08. The molecule has 0 aliphatic carbocycles. The average molecular weight is 670 g/mol. The van der Waals surface area contributed by atoms with E-state index in [0.29, 0.717) is 53.4 Å². The Hall–Kier alpha value is -4.53. The van der Waals surface area contributed by atoms with Crippen molar-refractivity contribution in [3.63, 3.8) is 0 Å². The normalized spacial score (nSPS) is 11.2. The van der Waals surface area contributed by atoms with Crippen LogP contribution in [0.15, 0.2) is 36.4 Å². The Morgan fingerprint density at radius 3 is 1.71 bits per heavy atom. The second-order valence-electron chi connectivity index (χ2n) is 11.0. The highest BCUT2D eigenvalue weighted by molar-refractivity contribution is 6.10. The summed E-state index contributed by atoms with van der Waals surface area (Å²) in [7, 11) is 1.68. The fraction of sp³-hybridized carbons (Fsp3) is 0.500. The molecule has 0 saturated heterocycles. The first-order valence-electron chi connectivity index (χ1n) is 16.4. The van der Waals surface area contributed by atoms with Crippen LogP contribution in [-0.4, -0.2) is 105 Å². The lowest BCUT2D eigenvalue weighted by Crippen LogP contribution is -2.41. The van der Waals surface area contributed by atoms with Gasteiger partial charge in [-0.15, -0.1) is 0 Å². The number of anilines is 4. The van der Waals surface area contributed by atoms with E-state index in [-0.39, 0.29) is 11.8 Å². The number of nitrogen functional groups attached to an aromatic ring is 1. The molecule has 0 fully saturated rings. The number of amides is 4. The van der Waals surface area contributed by atoms with Crippen molar-refractivity contribution in [2.75, 3.05) is 81.1 Å². The first kappa shape index (κ1) is 41.5. The van der Waals surface area contributed by atoms with E-state index in [4.69, 9.17) is 11.5 Å². The molecule has 0 saturated carbocycles. The van der Waals surface area contributed by atoms with E-state index in [1.165, 1.54) is 6.92 Å². The third kappa shape index (κ3) is 14.9. The minimum Gasteiger partial charge on any atom is -0.399 e. The molecule has 0 heterocycles. The molecule has 9 N–H and O–H groups in total. The molecular weight excluding hydrogens is 614 g/mol. The van der Waals surface area contributed by atoms with Gasteiger partial charge in [0.25, 0.3) is 11.8 Å². The van der Waals surface area contributed by atoms with E-state index in [2.05, 4.69) is 64.1 Å². The molecule has 0 bridgehead atoms. The minimum absolute atomic E-state index is 0.201. The summed E-state index contributed by atoms with van der Waals surface area (Å²) in [6.45, 7) is 16.9. The first-order chi connectivity index (χ1) is 22.9. The SMILES string of the molecule is CCN(CC)CCCNC(=O)c1cc(N)cc(C(=O)NCCCN(CC)CC)c1.CNc1cc(NC(=O)C(N)C(C)=O)ccc1NC=O. The number of nitrogens with two attached hydrogens (primary N) is 2. The molecule has 4 amide bonds. The maximum absolute atomic E-state index is 12.4. The van der Waals surface area contributed by atoms with E-state index < -0.39 is 17.7 Å². The molecule has 14 nitrogen and oxygen atoms in total. The van der Waals surface area contributed by atoms with Gasteiger partial charge in [-0.3, -0.25) is 24.0 Å². The van der Waals surface area contributed by atoms with E-state index in [0.717, 1.165) is 52.1 Å². The molecule has 0 aromatic heterocycles. The second-order valence-corrected chi connectivity index (χ2v) is 11.0. The zero-order chi connectivity index (χ0) is 36.1. The van der Waals surface area contributed by atoms with Gasteiger partial charge in [-0.05, 0) is 95.4 Å². The minimum atomic E-state index is -1.19. The molecule has 48 heavy (non-hydrogen) atoms. The van der Waals surface area contributed by atoms with Crippen molar-refractivity contribution in [2.24, 2.45) is 5.73 Å².